The first-order valence-corrected chi connectivity index (χ1v) is 12.6. The van der Waals surface area contributed by atoms with Crippen LogP contribution in [0, 0.1) is 59.2 Å². The van der Waals surface area contributed by atoms with Crippen molar-refractivity contribution in [2.24, 2.45) is 59.2 Å². The molecule has 0 radical (unpaired) electrons. The molecule has 0 aromatic heterocycles. The van der Waals surface area contributed by atoms with Gasteiger partial charge in [0.2, 0.25) is 0 Å². The molecule has 0 nitrogen and oxygen atoms in total. The molecule has 0 spiro atoms. The van der Waals surface area contributed by atoms with Gasteiger partial charge in [0.25, 0.3) is 0 Å². The molecule has 4 saturated carbocycles. The number of fused-ring (bicyclic) bond motifs is 2. The minimum absolute atomic E-state index is 0.930. The summed E-state index contributed by atoms with van der Waals surface area (Å²) < 4.78 is 0. The Hall–Kier alpha value is 0. The predicted molar refractivity (Wildman–Crippen MR) is 113 cm³/mol. The first-order chi connectivity index (χ1) is 12.6. The maximum atomic E-state index is 2.59. The van der Waals surface area contributed by atoms with Crippen molar-refractivity contribution < 1.29 is 0 Å². The van der Waals surface area contributed by atoms with E-state index in [1.165, 1.54) is 25.7 Å². The van der Waals surface area contributed by atoms with Gasteiger partial charge in [-0.2, -0.15) is 0 Å². The van der Waals surface area contributed by atoms with Crippen LogP contribution in [0.25, 0.3) is 0 Å². The van der Waals surface area contributed by atoms with Gasteiger partial charge in [0, 0.05) is 0 Å². The molecule has 0 saturated heterocycles. The molecule has 0 aromatic rings. The lowest BCUT2D eigenvalue weighted by Gasteiger charge is -2.26. The quantitative estimate of drug-likeness (QED) is 0.405. The highest BCUT2D eigenvalue weighted by Gasteiger charge is 2.51. The molecule has 4 aliphatic carbocycles. The van der Waals surface area contributed by atoms with Crippen molar-refractivity contribution in [2.45, 2.75) is 105 Å². The second-order valence-electron chi connectivity index (χ2n) is 11.6. The molecule has 7 atom stereocenters. The molecule has 0 aliphatic heterocycles. The van der Waals surface area contributed by atoms with E-state index in [4.69, 9.17) is 0 Å². The summed E-state index contributed by atoms with van der Waals surface area (Å²) in [6.45, 7) is 9.85. The molecular weight excluding hydrogens is 312 g/mol. The number of hydrogen-bond acceptors (Lipinski definition) is 0. The van der Waals surface area contributed by atoms with E-state index in [1.807, 2.05) is 0 Å². The van der Waals surface area contributed by atoms with Gasteiger partial charge in [-0.05, 0) is 111 Å². The molecule has 0 heterocycles. The van der Waals surface area contributed by atoms with Crippen LogP contribution in [-0.4, -0.2) is 0 Å². The summed E-state index contributed by atoms with van der Waals surface area (Å²) in [7, 11) is 0. The van der Waals surface area contributed by atoms with Crippen molar-refractivity contribution in [3.8, 4) is 0 Å². The Kier molecular flexibility index (Phi) is 6.07. The molecule has 0 heteroatoms. The second kappa shape index (κ2) is 8.16. The molecule has 4 rings (SSSR count). The van der Waals surface area contributed by atoms with Gasteiger partial charge in [-0.15, -0.1) is 0 Å². The van der Waals surface area contributed by atoms with E-state index in [0.29, 0.717) is 0 Å². The Balaban J connectivity index is 1.28. The highest BCUT2D eigenvalue weighted by Crippen LogP contribution is 2.60. The summed E-state index contributed by atoms with van der Waals surface area (Å²) in [6.07, 6.45) is 18.6. The molecular formula is C26H46. The summed E-state index contributed by atoms with van der Waals surface area (Å²) in [5, 5.41) is 0. The highest BCUT2D eigenvalue weighted by atomic mass is 14.6. The lowest BCUT2D eigenvalue weighted by atomic mass is 9.80. The van der Waals surface area contributed by atoms with Crippen LogP contribution in [0.3, 0.4) is 0 Å². The SMILES string of the molecule is CCCCCCC1C(C)CC2CC(C3CC4CC(C(C)C)CC4C3)CC21. The Bertz CT molecular complexity index is 437. The Morgan fingerprint density at radius 3 is 1.96 bits per heavy atom. The molecule has 0 amide bonds. The molecule has 150 valence electrons. The van der Waals surface area contributed by atoms with E-state index in [-0.39, 0.29) is 0 Å². The molecule has 0 aromatic carbocycles. The van der Waals surface area contributed by atoms with E-state index in [2.05, 4.69) is 27.7 Å². The van der Waals surface area contributed by atoms with E-state index in [1.54, 1.807) is 51.4 Å². The van der Waals surface area contributed by atoms with Gasteiger partial charge in [-0.25, -0.2) is 0 Å². The second-order valence-corrected chi connectivity index (χ2v) is 11.6. The average molecular weight is 359 g/mol. The van der Waals surface area contributed by atoms with Gasteiger partial charge in [0.15, 0.2) is 0 Å². The molecule has 4 fully saturated rings. The van der Waals surface area contributed by atoms with Crippen LogP contribution in [0.5, 0.6) is 0 Å². The van der Waals surface area contributed by atoms with Crippen LogP contribution in [0.4, 0.5) is 0 Å². The van der Waals surface area contributed by atoms with Gasteiger partial charge in [-0.3, -0.25) is 0 Å². The zero-order valence-corrected chi connectivity index (χ0v) is 18.3. The van der Waals surface area contributed by atoms with E-state index >= 15 is 0 Å². The van der Waals surface area contributed by atoms with Crippen LogP contribution in [-0.2, 0) is 0 Å². The van der Waals surface area contributed by atoms with E-state index in [0.717, 1.165) is 59.2 Å². The summed E-state index contributed by atoms with van der Waals surface area (Å²) in [6, 6.07) is 0. The monoisotopic (exact) mass is 358 g/mol. The fraction of sp³-hybridized carbons (Fsp3) is 1.00. The Morgan fingerprint density at radius 2 is 1.31 bits per heavy atom. The maximum absolute atomic E-state index is 2.59. The number of rotatable bonds is 7. The highest BCUT2D eigenvalue weighted by molar-refractivity contribution is 5.00. The average Bonchev–Trinajstić information content (AvgIpc) is 3.30. The third-order valence-corrected chi connectivity index (χ3v) is 9.83. The van der Waals surface area contributed by atoms with Crippen molar-refractivity contribution in [3.05, 3.63) is 0 Å². The summed E-state index contributed by atoms with van der Waals surface area (Å²) in [5.74, 6) is 10.8. The van der Waals surface area contributed by atoms with Crippen LogP contribution in [0.2, 0.25) is 0 Å². The molecule has 7 unspecified atom stereocenters. The van der Waals surface area contributed by atoms with Gasteiger partial charge < -0.3 is 0 Å². The lowest BCUT2D eigenvalue weighted by molar-refractivity contribution is 0.242. The van der Waals surface area contributed by atoms with E-state index < -0.39 is 0 Å². The predicted octanol–water partition coefficient (Wildman–Crippen LogP) is 7.96. The normalized spacial score (nSPS) is 47.7. The van der Waals surface area contributed by atoms with Crippen LogP contribution < -0.4 is 0 Å². The zero-order valence-electron chi connectivity index (χ0n) is 18.3. The summed E-state index contributed by atoms with van der Waals surface area (Å²) in [4.78, 5) is 0. The molecule has 4 aliphatic rings. The standard InChI is InChI=1S/C26H46/c1-5-6-7-8-9-25-18(4)10-24-15-23(16-26(24)25)22-13-20-11-19(17(2)3)12-21(20)14-22/h17-26H,5-16H2,1-4H3. The molecule has 0 bridgehead atoms. The fourth-order valence-electron chi connectivity index (χ4n) is 8.40. The molecule has 26 heavy (non-hydrogen) atoms. The topological polar surface area (TPSA) is 0 Å². The van der Waals surface area contributed by atoms with Crippen LogP contribution >= 0.6 is 0 Å². The number of hydrogen-bond donors (Lipinski definition) is 0. The van der Waals surface area contributed by atoms with Crippen LogP contribution in [0.1, 0.15) is 105 Å². The van der Waals surface area contributed by atoms with Gasteiger partial charge in [0.1, 0.15) is 0 Å². The van der Waals surface area contributed by atoms with Gasteiger partial charge >= 0.3 is 0 Å². The smallest absolute Gasteiger partial charge is 0.0352 e. The fourth-order valence-corrected chi connectivity index (χ4v) is 8.40. The largest absolute Gasteiger partial charge is 0.0654 e. The van der Waals surface area contributed by atoms with Crippen molar-refractivity contribution >= 4 is 0 Å². The van der Waals surface area contributed by atoms with Crippen molar-refractivity contribution in [1.82, 2.24) is 0 Å². The maximum Gasteiger partial charge on any atom is -0.0352 e. The Morgan fingerprint density at radius 1 is 0.692 bits per heavy atom. The first-order valence-electron chi connectivity index (χ1n) is 12.6. The van der Waals surface area contributed by atoms with Gasteiger partial charge in [0.05, 0.1) is 0 Å². The zero-order chi connectivity index (χ0) is 18.3. The van der Waals surface area contributed by atoms with E-state index in [9.17, 15) is 0 Å². The van der Waals surface area contributed by atoms with Crippen LogP contribution in [0.15, 0.2) is 0 Å². The minimum Gasteiger partial charge on any atom is -0.0654 e. The molecule has 0 N–H and O–H groups in total. The third kappa shape index (κ3) is 3.77. The summed E-state index contributed by atoms with van der Waals surface area (Å²) >= 11 is 0. The van der Waals surface area contributed by atoms with Crippen molar-refractivity contribution in [3.63, 3.8) is 0 Å². The lowest BCUT2D eigenvalue weighted by Crippen LogP contribution is -2.17. The third-order valence-electron chi connectivity index (χ3n) is 9.83. The Labute approximate surface area is 164 Å². The van der Waals surface area contributed by atoms with Crippen molar-refractivity contribution in [2.75, 3.05) is 0 Å². The van der Waals surface area contributed by atoms with Gasteiger partial charge in [-0.1, -0.05) is 53.4 Å². The van der Waals surface area contributed by atoms with Crippen molar-refractivity contribution in [1.29, 1.82) is 0 Å². The first kappa shape index (κ1) is 19.3. The summed E-state index contributed by atoms with van der Waals surface area (Å²) in [5.41, 5.74) is 0. The number of unbranched alkanes of at least 4 members (excludes halogenated alkanes) is 3. The minimum atomic E-state index is 0.930.